The van der Waals surface area contributed by atoms with Crippen LogP contribution in [0.15, 0.2) is 22.7 Å². The van der Waals surface area contributed by atoms with Gasteiger partial charge in [-0.15, -0.1) is 0 Å². The summed E-state index contributed by atoms with van der Waals surface area (Å²) in [5.41, 5.74) is 7.41. The van der Waals surface area contributed by atoms with Gasteiger partial charge in [-0.25, -0.2) is 0 Å². The lowest BCUT2D eigenvalue weighted by molar-refractivity contribution is 0.183. The van der Waals surface area contributed by atoms with E-state index in [0.29, 0.717) is 0 Å². The first-order valence-electron chi connectivity index (χ1n) is 5.06. The Morgan fingerprint density at radius 1 is 1.53 bits per heavy atom. The summed E-state index contributed by atoms with van der Waals surface area (Å²) in [6, 6.07) is 5.68. The van der Waals surface area contributed by atoms with Gasteiger partial charge in [-0.05, 0) is 53.9 Å². The van der Waals surface area contributed by atoms with E-state index in [1.54, 1.807) is 6.92 Å². The van der Waals surface area contributed by atoms with Crippen LogP contribution in [-0.4, -0.2) is 17.8 Å². The van der Waals surface area contributed by atoms with Crippen molar-refractivity contribution in [2.45, 2.75) is 25.9 Å². The van der Waals surface area contributed by atoms with Crippen molar-refractivity contribution in [3.8, 4) is 0 Å². The summed E-state index contributed by atoms with van der Waals surface area (Å²) in [4.78, 5) is 0. The van der Waals surface area contributed by atoms with E-state index in [0.717, 1.165) is 35.2 Å². The number of hydrogen-bond donors (Lipinski definition) is 3. The fourth-order valence-electron chi connectivity index (χ4n) is 1.30. The third-order valence-corrected chi connectivity index (χ3v) is 2.76. The van der Waals surface area contributed by atoms with Crippen LogP contribution >= 0.6 is 15.9 Å². The Morgan fingerprint density at radius 2 is 2.27 bits per heavy atom. The van der Waals surface area contributed by atoms with E-state index in [9.17, 15) is 0 Å². The molecule has 1 unspecified atom stereocenters. The summed E-state index contributed by atoms with van der Waals surface area (Å²) >= 11 is 3.44. The van der Waals surface area contributed by atoms with Crippen LogP contribution < -0.4 is 11.1 Å². The second-order valence-electron chi connectivity index (χ2n) is 3.66. The average Bonchev–Trinajstić information content (AvgIpc) is 2.14. The summed E-state index contributed by atoms with van der Waals surface area (Å²) in [5.74, 6) is 0. The largest absolute Gasteiger partial charge is 0.399 e. The zero-order valence-corrected chi connectivity index (χ0v) is 10.4. The molecule has 0 amide bonds. The molecule has 0 saturated carbocycles. The minimum absolute atomic E-state index is 0.221. The minimum atomic E-state index is -0.221. The number of halogens is 1. The maximum absolute atomic E-state index is 9.09. The third-order valence-electron chi connectivity index (χ3n) is 2.11. The second-order valence-corrected chi connectivity index (χ2v) is 4.51. The summed E-state index contributed by atoms with van der Waals surface area (Å²) < 4.78 is 0.972. The van der Waals surface area contributed by atoms with E-state index in [1.165, 1.54) is 0 Å². The molecule has 0 aliphatic heterocycles. The topological polar surface area (TPSA) is 58.3 Å². The van der Waals surface area contributed by atoms with E-state index in [1.807, 2.05) is 18.2 Å². The molecule has 1 rings (SSSR count). The maximum Gasteiger partial charge on any atom is 0.0512 e. The third kappa shape index (κ3) is 4.53. The summed E-state index contributed by atoms with van der Waals surface area (Å²) in [7, 11) is 0. The van der Waals surface area contributed by atoms with Crippen LogP contribution in [0.25, 0.3) is 0 Å². The quantitative estimate of drug-likeness (QED) is 0.571. The fourth-order valence-corrected chi connectivity index (χ4v) is 1.83. The zero-order chi connectivity index (χ0) is 11.3. The van der Waals surface area contributed by atoms with E-state index < -0.39 is 0 Å². The van der Waals surface area contributed by atoms with Crippen LogP contribution in [0, 0.1) is 0 Å². The molecule has 0 aromatic heterocycles. The molecule has 84 valence electrons. The lowest BCUT2D eigenvalue weighted by Crippen LogP contribution is -2.06. The van der Waals surface area contributed by atoms with Crippen LogP contribution in [0.3, 0.4) is 0 Å². The molecule has 0 aliphatic carbocycles. The molecule has 1 aromatic rings. The smallest absolute Gasteiger partial charge is 0.0512 e. The predicted molar refractivity (Wildman–Crippen MR) is 68.0 cm³/mol. The number of hydrogen-bond acceptors (Lipinski definition) is 3. The van der Waals surface area contributed by atoms with Crippen molar-refractivity contribution in [1.82, 2.24) is 0 Å². The van der Waals surface area contributed by atoms with Gasteiger partial charge in [-0.3, -0.25) is 0 Å². The zero-order valence-electron chi connectivity index (χ0n) is 8.83. The van der Waals surface area contributed by atoms with Crippen LogP contribution in [0.4, 0.5) is 11.4 Å². The highest BCUT2D eigenvalue weighted by molar-refractivity contribution is 9.10. The molecular weight excluding hydrogens is 256 g/mol. The normalized spacial score (nSPS) is 12.5. The summed E-state index contributed by atoms with van der Waals surface area (Å²) in [6.07, 6.45) is 1.55. The van der Waals surface area contributed by atoms with Gasteiger partial charge >= 0.3 is 0 Å². The molecule has 0 bridgehead atoms. The molecule has 1 atom stereocenters. The molecule has 1 aromatic carbocycles. The van der Waals surface area contributed by atoms with E-state index in [4.69, 9.17) is 10.8 Å². The number of benzene rings is 1. The average molecular weight is 273 g/mol. The van der Waals surface area contributed by atoms with Gasteiger partial charge in [0.15, 0.2) is 0 Å². The van der Waals surface area contributed by atoms with Crippen LogP contribution in [0.1, 0.15) is 19.8 Å². The van der Waals surface area contributed by atoms with Crippen molar-refractivity contribution in [1.29, 1.82) is 0 Å². The maximum atomic E-state index is 9.09. The Labute approximate surface area is 98.8 Å². The summed E-state index contributed by atoms with van der Waals surface area (Å²) in [5, 5.41) is 12.4. The molecule has 0 heterocycles. The number of aliphatic hydroxyl groups excluding tert-OH is 1. The number of nitrogens with two attached hydrogens (primary N) is 1. The van der Waals surface area contributed by atoms with E-state index in [2.05, 4.69) is 21.2 Å². The van der Waals surface area contributed by atoms with Crippen molar-refractivity contribution < 1.29 is 5.11 Å². The van der Waals surface area contributed by atoms with Gasteiger partial charge in [0.25, 0.3) is 0 Å². The van der Waals surface area contributed by atoms with Crippen molar-refractivity contribution in [3.05, 3.63) is 22.7 Å². The van der Waals surface area contributed by atoms with Crippen LogP contribution in [0.5, 0.6) is 0 Å². The number of aliphatic hydroxyl groups is 1. The Bertz CT molecular complexity index is 315. The first-order chi connectivity index (χ1) is 7.09. The highest BCUT2D eigenvalue weighted by Gasteiger charge is 2.00. The molecule has 4 heteroatoms. The fraction of sp³-hybridized carbons (Fsp3) is 0.455. The molecular formula is C11H17BrN2O. The highest BCUT2D eigenvalue weighted by atomic mass is 79.9. The molecule has 0 radical (unpaired) electrons. The van der Waals surface area contributed by atoms with Crippen molar-refractivity contribution in [2.24, 2.45) is 0 Å². The molecule has 0 aliphatic rings. The van der Waals surface area contributed by atoms with Crippen LogP contribution in [0.2, 0.25) is 0 Å². The van der Waals surface area contributed by atoms with Gasteiger partial charge in [0.1, 0.15) is 0 Å². The second kappa shape index (κ2) is 5.98. The number of nitrogen functional groups attached to an aromatic ring is 1. The molecule has 4 N–H and O–H groups in total. The lowest BCUT2D eigenvalue weighted by atomic mass is 10.2. The van der Waals surface area contributed by atoms with Gasteiger partial charge in [0.05, 0.1) is 6.10 Å². The molecule has 0 spiro atoms. The predicted octanol–water partition coefficient (Wildman–Crippen LogP) is 2.60. The standard InChI is InChI=1S/C11H17BrN2O/c1-8(15)3-2-6-14-11-5-4-9(13)7-10(11)12/h4-5,7-8,14-15H,2-3,6,13H2,1H3. The Kier molecular flexibility index (Phi) is 4.91. The summed E-state index contributed by atoms with van der Waals surface area (Å²) in [6.45, 7) is 2.66. The number of rotatable bonds is 5. The van der Waals surface area contributed by atoms with Crippen molar-refractivity contribution in [2.75, 3.05) is 17.6 Å². The van der Waals surface area contributed by atoms with Gasteiger partial charge in [-0.2, -0.15) is 0 Å². The Morgan fingerprint density at radius 3 is 2.87 bits per heavy atom. The monoisotopic (exact) mass is 272 g/mol. The minimum Gasteiger partial charge on any atom is -0.399 e. The van der Waals surface area contributed by atoms with Gasteiger partial charge in [0.2, 0.25) is 0 Å². The lowest BCUT2D eigenvalue weighted by Gasteiger charge is -2.09. The Hall–Kier alpha value is -0.740. The van der Waals surface area contributed by atoms with Crippen molar-refractivity contribution in [3.63, 3.8) is 0 Å². The van der Waals surface area contributed by atoms with Gasteiger partial charge < -0.3 is 16.2 Å². The number of nitrogens with one attached hydrogen (secondary N) is 1. The van der Waals surface area contributed by atoms with Crippen LogP contribution in [-0.2, 0) is 0 Å². The molecule has 0 saturated heterocycles. The molecule has 3 nitrogen and oxygen atoms in total. The molecule has 15 heavy (non-hydrogen) atoms. The Balaban J connectivity index is 2.37. The van der Waals surface area contributed by atoms with Crippen molar-refractivity contribution >= 4 is 27.3 Å². The highest BCUT2D eigenvalue weighted by Crippen LogP contribution is 2.24. The first-order valence-corrected chi connectivity index (χ1v) is 5.86. The van der Waals surface area contributed by atoms with Gasteiger partial charge in [0, 0.05) is 22.4 Å². The number of anilines is 2. The van der Waals surface area contributed by atoms with Gasteiger partial charge in [-0.1, -0.05) is 0 Å². The SMILES string of the molecule is CC(O)CCCNc1ccc(N)cc1Br. The first kappa shape index (κ1) is 12.3. The van der Waals surface area contributed by atoms with E-state index in [-0.39, 0.29) is 6.10 Å². The van der Waals surface area contributed by atoms with E-state index >= 15 is 0 Å². The molecule has 0 fully saturated rings.